The van der Waals surface area contributed by atoms with Gasteiger partial charge in [-0.25, -0.2) is 0 Å². The fraction of sp³-hybridized carbons (Fsp3) is 0.0625. The molecule has 0 aliphatic heterocycles. The van der Waals surface area contributed by atoms with Crippen LogP contribution >= 0.6 is 23.4 Å². The second-order valence-electron chi connectivity index (χ2n) is 4.31. The van der Waals surface area contributed by atoms with Crippen LogP contribution in [0.4, 0.5) is 13.2 Å². The van der Waals surface area contributed by atoms with Crippen molar-refractivity contribution >= 4 is 35.8 Å². The van der Waals surface area contributed by atoms with Crippen LogP contribution in [0.2, 0.25) is 5.02 Å². The first-order valence-electron chi connectivity index (χ1n) is 6.17. The van der Waals surface area contributed by atoms with Crippen LogP contribution < -0.4 is 0 Å². The minimum Gasteiger partial charge on any atom is -0.263 e. The molecule has 0 radical (unpaired) electrons. The van der Waals surface area contributed by atoms with Crippen LogP contribution in [0.3, 0.4) is 0 Å². The number of aliphatic imine (C=N–C) groups is 1. The molecule has 2 aromatic rings. The summed E-state index contributed by atoms with van der Waals surface area (Å²) in [6, 6.07) is 12.1. The van der Waals surface area contributed by atoms with Crippen LogP contribution in [-0.2, 0) is 6.18 Å². The van der Waals surface area contributed by atoms with E-state index in [1.165, 1.54) is 6.07 Å². The van der Waals surface area contributed by atoms with Crippen LogP contribution in [0.1, 0.15) is 11.1 Å². The van der Waals surface area contributed by atoms with Crippen LogP contribution in [-0.4, -0.2) is 6.72 Å². The molecule has 2 aromatic carbocycles. The van der Waals surface area contributed by atoms with E-state index in [0.717, 1.165) is 29.5 Å². The summed E-state index contributed by atoms with van der Waals surface area (Å²) in [6.45, 7) is 3.48. The molecule has 0 aliphatic rings. The van der Waals surface area contributed by atoms with Crippen molar-refractivity contribution in [2.45, 2.75) is 11.1 Å². The third-order valence-electron chi connectivity index (χ3n) is 2.76. The van der Waals surface area contributed by atoms with Crippen molar-refractivity contribution < 1.29 is 13.2 Å². The van der Waals surface area contributed by atoms with Crippen LogP contribution in [0.15, 0.2) is 63.8 Å². The van der Waals surface area contributed by atoms with E-state index in [1.54, 1.807) is 35.7 Å². The SMILES string of the molecule is C=N/C(=C\Sc1cccc(C(F)(F)F)c1)c1cccc(Cl)c1. The number of hydrogen-bond donors (Lipinski definition) is 0. The smallest absolute Gasteiger partial charge is 0.263 e. The number of hydrogen-bond acceptors (Lipinski definition) is 2. The van der Waals surface area contributed by atoms with Gasteiger partial charge < -0.3 is 0 Å². The lowest BCUT2D eigenvalue weighted by Crippen LogP contribution is -2.04. The molecule has 0 amide bonds. The van der Waals surface area contributed by atoms with Gasteiger partial charge in [-0.1, -0.05) is 41.6 Å². The van der Waals surface area contributed by atoms with Crippen LogP contribution in [0.5, 0.6) is 0 Å². The number of halogens is 4. The molecule has 0 saturated heterocycles. The first-order valence-corrected chi connectivity index (χ1v) is 7.42. The van der Waals surface area contributed by atoms with Gasteiger partial charge in [-0.3, -0.25) is 4.99 Å². The van der Waals surface area contributed by atoms with Crippen LogP contribution in [0.25, 0.3) is 5.70 Å². The van der Waals surface area contributed by atoms with E-state index in [2.05, 4.69) is 11.7 Å². The Morgan fingerprint density at radius 1 is 1.14 bits per heavy atom. The van der Waals surface area contributed by atoms with Crippen molar-refractivity contribution in [1.82, 2.24) is 0 Å². The number of alkyl halides is 3. The standard InChI is InChI=1S/C16H11ClF3NS/c1-21-15(11-4-2-6-13(17)8-11)10-22-14-7-3-5-12(9-14)16(18,19)20/h2-10H,1H2/b15-10-. The van der Waals surface area contributed by atoms with E-state index >= 15 is 0 Å². The summed E-state index contributed by atoms with van der Waals surface area (Å²) in [6.07, 6.45) is -4.35. The highest BCUT2D eigenvalue weighted by Crippen LogP contribution is 2.33. The third kappa shape index (κ3) is 4.39. The molecule has 0 saturated carbocycles. The van der Waals surface area contributed by atoms with E-state index in [4.69, 9.17) is 11.6 Å². The van der Waals surface area contributed by atoms with E-state index in [9.17, 15) is 13.2 Å². The first kappa shape index (κ1) is 16.6. The predicted molar refractivity (Wildman–Crippen MR) is 86.3 cm³/mol. The number of benzene rings is 2. The van der Waals surface area contributed by atoms with Crippen LogP contribution in [0, 0.1) is 0 Å². The highest BCUT2D eigenvalue weighted by atomic mass is 35.5. The van der Waals surface area contributed by atoms with Gasteiger partial charge in [0.05, 0.1) is 11.3 Å². The van der Waals surface area contributed by atoms with Crippen molar-refractivity contribution in [3.05, 3.63) is 70.1 Å². The fourth-order valence-electron chi connectivity index (χ4n) is 1.71. The van der Waals surface area contributed by atoms with Gasteiger partial charge in [-0.05, 0) is 37.0 Å². The Morgan fingerprint density at radius 3 is 2.50 bits per heavy atom. The Balaban J connectivity index is 2.24. The quantitative estimate of drug-likeness (QED) is 0.480. The lowest BCUT2D eigenvalue weighted by molar-refractivity contribution is -0.137. The van der Waals surface area contributed by atoms with E-state index in [-0.39, 0.29) is 0 Å². The summed E-state index contributed by atoms with van der Waals surface area (Å²) in [7, 11) is 0. The average Bonchev–Trinajstić information content (AvgIpc) is 2.47. The molecule has 0 heterocycles. The molecule has 22 heavy (non-hydrogen) atoms. The zero-order valence-electron chi connectivity index (χ0n) is 11.3. The minimum atomic E-state index is -4.35. The van der Waals surface area contributed by atoms with Crippen molar-refractivity contribution in [3.63, 3.8) is 0 Å². The molecule has 0 spiro atoms. The summed E-state index contributed by atoms with van der Waals surface area (Å²) in [4.78, 5) is 4.37. The van der Waals surface area contributed by atoms with Gasteiger partial charge >= 0.3 is 6.18 Å². The third-order valence-corrected chi connectivity index (χ3v) is 3.86. The summed E-state index contributed by atoms with van der Waals surface area (Å²) in [5.74, 6) is 0. The Labute approximate surface area is 135 Å². The summed E-state index contributed by atoms with van der Waals surface area (Å²) >= 11 is 7.06. The first-order chi connectivity index (χ1) is 10.4. The molecule has 0 aliphatic carbocycles. The normalized spacial score (nSPS) is 12.3. The van der Waals surface area contributed by atoms with Gasteiger partial charge in [0.1, 0.15) is 0 Å². The van der Waals surface area contributed by atoms with Gasteiger partial charge in [-0.15, -0.1) is 0 Å². The molecule has 1 nitrogen and oxygen atoms in total. The lowest BCUT2D eigenvalue weighted by atomic mass is 10.2. The monoisotopic (exact) mass is 341 g/mol. The van der Waals surface area contributed by atoms with Crippen molar-refractivity contribution in [1.29, 1.82) is 0 Å². The number of rotatable bonds is 4. The van der Waals surface area contributed by atoms with Gasteiger partial charge in [0.2, 0.25) is 0 Å². The lowest BCUT2D eigenvalue weighted by Gasteiger charge is -2.07. The van der Waals surface area contributed by atoms with Crippen molar-refractivity contribution in [3.8, 4) is 0 Å². The van der Waals surface area contributed by atoms with E-state index in [1.807, 2.05) is 0 Å². The molecule has 114 valence electrons. The predicted octanol–water partition coefficient (Wildman–Crippen LogP) is 6.15. The Morgan fingerprint density at radius 2 is 1.86 bits per heavy atom. The average molecular weight is 342 g/mol. The largest absolute Gasteiger partial charge is 0.416 e. The molecule has 0 bridgehead atoms. The highest BCUT2D eigenvalue weighted by Gasteiger charge is 2.30. The molecular weight excluding hydrogens is 331 g/mol. The van der Waals surface area contributed by atoms with Gasteiger partial charge in [0.15, 0.2) is 0 Å². The van der Waals surface area contributed by atoms with E-state index < -0.39 is 11.7 Å². The summed E-state index contributed by atoms with van der Waals surface area (Å²) < 4.78 is 38.0. The van der Waals surface area contributed by atoms with Crippen molar-refractivity contribution in [2.75, 3.05) is 0 Å². The molecule has 0 aromatic heterocycles. The molecule has 0 N–H and O–H groups in total. The Bertz CT molecular complexity index is 711. The second-order valence-corrected chi connectivity index (χ2v) is 5.69. The minimum absolute atomic E-state index is 0.470. The topological polar surface area (TPSA) is 12.4 Å². The van der Waals surface area contributed by atoms with Gasteiger partial charge in [0.25, 0.3) is 0 Å². The summed E-state index contributed by atoms with van der Waals surface area (Å²) in [5, 5.41) is 2.20. The molecule has 0 fully saturated rings. The van der Waals surface area contributed by atoms with E-state index in [0.29, 0.717) is 15.6 Å². The zero-order chi connectivity index (χ0) is 16.2. The maximum Gasteiger partial charge on any atom is 0.416 e. The molecule has 0 unspecified atom stereocenters. The zero-order valence-corrected chi connectivity index (χ0v) is 12.8. The fourth-order valence-corrected chi connectivity index (χ4v) is 2.71. The maximum atomic E-state index is 12.7. The van der Waals surface area contributed by atoms with Gasteiger partial charge in [0, 0.05) is 20.9 Å². The molecule has 2 rings (SSSR count). The molecule has 0 atom stereocenters. The molecule has 6 heteroatoms. The highest BCUT2D eigenvalue weighted by molar-refractivity contribution is 8.02. The Hall–Kier alpha value is -1.72. The number of thioether (sulfide) groups is 1. The van der Waals surface area contributed by atoms with Gasteiger partial charge in [-0.2, -0.15) is 13.2 Å². The number of nitrogens with zero attached hydrogens (tertiary/aromatic N) is 1. The second kappa shape index (κ2) is 7.03. The Kier molecular flexibility index (Phi) is 5.32. The van der Waals surface area contributed by atoms with Crippen molar-refractivity contribution in [2.24, 2.45) is 4.99 Å². The summed E-state index contributed by atoms with van der Waals surface area (Å²) in [5.41, 5.74) is 0.619. The molecular formula is C16H11ClF3NS. The maximum absolute atomic E-state index is 12.7.